The number of carbonyl (C=O) groups is 2. The highest BCUT2D eigenvalue weighted by molar-refractivity contribution is 7.21. The van der Waals surface area contributed by atoms with Gasteiger partial charge in [0.25, 0.3) is 6.47 Å². The second-order valence-corrected chi connectivity index (χ2v) is 9.92. The van der Waals surface area contributed by atoms with Crippen LogP contribution in [0.5, 0.6) is 11.6 Å². The molecular weight excluding hydrogens is 485 g/mol. The van der Waals surface area contributed by atoms with Gasteiger partial charge in [0.1, 0.15) is 16.6 Å². The Morgan fingerprint density at radius 1 is 1.03 bits per heavy atom. The minimum Gasteiger partial charge on any atom is -0.508 e. The van der Waals surface area contributed by atoms with E-state index >= 15 is 0 Å². The molecule has 0 aliphatic carbocycles. The van der Waals surface area contributed by atoms with Crippen LogP contribution in [0.1, 0.15) is 26.4 Å². The summed E-state index contributed by atoms with van der Waals surface area (Å²) in [5.74, 6) is -0.204. The largest absolute Gasteiger partial charge is 0.508 e. The lowest BCUT2D eigenvalue weighted by Gasteiger charge is -2.11. The van der Waals surface area contributed by atoms with Crippen LogP contribution in [0.15, 0.2) is 60.0 Å². The van der Waals surface area contributed by atoms with Crippen molar-refractivity contribution in [1.29, 1.82) is 0 Å². The van der Waals surface area contributed by atoms with Crippen LogP contribution in [0.2, 0.25) is 0 Å². The predicted molar refractivity (Wildman–Crippen MR) is 136 cm³/mol. The van der Waals surface area contributed by atoms with Crippen molar-refractivity contribution in [2.24, 2.45) is 0 Å². The molecule has 0 aliphatic rings. The van der Waals surface area contributed by atoms with Crippen molar-refractivity contribution in [3.05, 3.63) is 87.4 Å². The summed E-state index contributed by atoms with van der Waals surface area (Å²) in [6, 6.07) is 15.4. The summed E-state index contributed by atoms with van der Waals surface area (Å²) in [6.07, 6.45) is 0. The smallest absolute Gasteiger partial charge is 0.299 e. The quantitative estimate of drug-likeness (QED) is 0.201. The van der Waals surface area contributed by atoms with Crippen molar-refractivity contribution in [2.45, 2.75) is 13.8 Å². The Labute approximate surface area is 208 Å². The van der Waals surface area contributed by atoms with Crippen molar-refractivity contribution in [1.82, 2.24) is 4.98 Å². The van der Waals surface area contributed by atoms with Gasteiger partial charge in [-0.3, -0.25) is 9.59 Å². The Morgan fingerprint density at radius 2 is 1.71 bits per heavy atom. The molecule has 0 aliphatic heterocycles. The normalized spacial score (nSPS) is 11.1. The Bertz CT molecular complexity index is 1580. The molecule has 174 valence electrons. The molecule has 0 spiro atoms. The Morgan fingerprint density at radius 3 is 2.40 bits per heavy atom. The van der Waals surface area contributed by atoms with E-state index in [1.807, 2.05) is 24.3 Å². The van der Waals surface area contributed by atoms with Gasteiger partial charge in [0, 0.05) is 26.8 Å². The van der Waals surface area contributed by atoms with Gasteiger partial charge in [0.2, 0.25) is 11.7 Å². The van der Waals surface area contributed by atoms with Crippen LogP contribution in [0.3, 0.4) is 0 Å². The van der Waals surface area contributed by atoms with Gasteiger partial charge in [-0.05, 0) is 60.9 Å². The zero-order valence-electron chi connectivity index (χ0n) is 18.7. The number of hydrogen-bond acceptors (Lipinski definition) is 7. The number of ketones is 1. The maximum absolute atomic E-state index is 13.9. The number of phenolic OH excluding ortho intramolecular Hbond substituents is 1. The molecule has 0 atom stereocenters. The zero-order valence-corrected chi connectivity index (χ0v) is 20.3. The first-order chi connectivity index (χ1) is 16.9. The second-order valence-electron chi connectivity index (χ2n) is 8.01. The molecule has 0 bridgehead atoms. The number of ether oxygens (including phenoxy) is 1. The number of fused-ring (bicyclic) bond motifs is 1. The molecule has 2 aromatic heterocycles. The van der Waals surface area contributed by atoms with Crippen LogP contribution in [-0.4, -0.2) is 22.3 Å². The first-order valence-corrected chi connectivity index (χ1v) is 12.3. The van der Waals surface area contributed by atoms with Crippen molar-refractivity contribution < 1.29 is 23.8 Å². The van der Waals surface area contributed by atoms with E-state index in [2.05, 4.69) is 4.98 Å². The fourth-order valence-corrected chi connectivity index (χ4v) is 6.13. The van der Waals surface area contributed by atoms with Gasteiger partial charge < -0.3 is 9.84 Å². The van der Waals surface area contributed by atoms with Crippen molar-refractivity contribution in [2.75, 3.05) is 0 Å². The molecule has 8 heteroatoms. The van der Waals surface area contributed by atoms with Crippen molar-refractivity contribution >= 4 is 45.0 Å². The lowest BCUT2D eigenvalue weighted by atomic mass is 9.93. The molecular formula is C27H18FNO4S2. The monoisotopic (exact) mass is 503 g/mol. The summed E-state index contributed by atoms with van der Waals surface area (Å²) in [6.45, 7) is 3.80. The van der Waals surface area contributed by atoms with Gasteiger partial charge in [-0.25, -0.2) is 9.37 Å². The summed E-state index contributed by atoms with van der Waals surface area (Å²) < 4.78 is 19.5. The average molecular weight is 504 g/mol. The van der Waals surface area contributed by atoms with E-state index in [0.29, 0.717) is 33.0 Å². The number of halogens is 1. The Balaban J connectivity index is 1.64. The molecule has 5 aromatic rings. The van der Waals surface area contributed by atoms with Gasteiger partial charge in [-0.15, -0.1) is 22.7 Å². The van der Waals surface area contributed by atoms with E-state index in [9.17, 15) is 19.1 Å². The molecule has 0 unspecified atom stereocenters. The molecule has 5 nitrogen and oxygen atoms in total. The number of aromatic nitrogens is 1. The number of hydrogen-bond donors (Lipinski definition) is 1. The number of rotatable bonds is 6. The summed E-state index contributed by atoms with van der Waals surface area (Å²) >= 11 is 2.66. The molecule has 3 aromatic carbocycles. The van der Waals surface area contributed by atoms with E-state index in [0.717, 1.165) is 26.8 Å². The highest BCUT2D eigenvalue weighted by Crippen LogP contribution is 2.42. The van der Waals surface area contributed by atoms with E-state index in [-0.39, 0.29) is 23.2 Å². The molecule has 0 radical (unpaired) electrons. The maximum Gasteiger partial charge on any atom is 0.299 e. The number of phenols is 1. The van der Waals surface area contributed by atoms with E-state index in [1.165, 1.54) is 34.8 Å². The van der Waals surface area contributed by atoms with E-state index < -0.39 is 0 Å². The highest BCUT2D eigenvalue weighted by atomic mass is 32.1. The van der Waals surface area contributed by atoms with Crippen LogP contribution < -0.4 is 4.74 Å². The van der Waals surface area contributed by atoms with Crippen LogP contribution in [0.25, 0.3) is 31.8 Å². The second kappa shape index (κ2) is 9.05. The molecule has 2 heterocycles. The Hall–Kier alpha value is -3.88. The molecule has 0 saturated heterocycles. The van der Waals surface area contributed by atoms with Gasteiger partial charge in [0.15, 0.2) is 0 Å². The lowest BCUT2D eigenvalue weighted by molar-refractivity contribution is -0.120. The number of thiophene rings is 1. The van der Waals surface area contributed by atoms with Crippen LogP contribution in [0, 0.1) is 19.7 Å². The zero-order chi connectivity index (χ0) is 24.7. The van der Waals surface area contributed by atoms with Gasteiger partial charge >= 0.3 is 0 Å². The molecule has 5 rings (SSSR count). The number of aromatic hydroxyl groups is 1. The number of nitrogens with zero attached hydrogens (tertiary/aromatic N) is 1. The van der Waals surface area contributed by atoms with Crippen molar-refractivity contribution in [3.63, 3.8) is 0 Å². The minimum absolute atomic E-state index is 0.117. The highest BCUT2D eigenvalue weighted by Gasteiger charge is 2.24. The predicted octanol–water partition coefficient (Wildman–Crippen LogP) is 6.92. The third kappa shape index (κ3) is 4.22. The fourth-order valence-electron chi connectivity index (χ4n) is 4.19. The van der Waals surface area contributed by atoms with E-state index in [1.54, 1.807) is 37.4 Å². The van der Waals surface area contributed by atoms with Crippen LogP contribution in [0.4, 0.5) is 4.39 Å². The summed E-state index contributed by atoms with van der Waals surface area (Å²) in [4.78, 5) is 29.1. The van der Waals surface area contributed by atoms with Crippen LogP contribution in [-0.2, 0) is 4.79 Å². The fraction of sp³-hybridized carbons (Fsp3) is 0.0741. The topological polar surface area (TPSA) is 76.5 Å². The summed E-state index contributed by atoms with van der Waals surface area (Å²) in [5, 5.41) is 13.2. The number of carbonyl (C=O) groups excluding carboxylic acids is 2. The third-order valence-electron chi connectivity index (χ3n) is 5.68. The first-order valence-electron chi connectivity index (χ1n) is 10.6. The standard InChI is InChI=1S/C27H18FNO4S2/c1-14-9-18(28)10-15(2)23(14)25(32)26-24(20-8-7-19(31)11-21(20)35-26)16-3-5-17(6-4-16)27-29-22(12-34-27)33-13-30/h3-13,31H,1-2H3. The van der Waals surface area contributed by atoms with Crippen molar-refractivity contribution in [3.8, 4) is 33.3 Å². The number of benzene rings is 3. The first kappa shape index (κ1) is 22.9. The number of aryl methyl sites for hydroxylation is 2. The van der Waals surface area contributed by atoms with E-state index in [4.69, 9.17) is 4.74 Å². The summed E-state index contributed by atoms with van der Waals surface area (Å²) in [5.41, 5.74) is 4.05. The molecule has 1 N–H and O–H groups in total. The SMILES string of the molecule is Cc1cc(F)cc(C)c1C(=O)c1sc2cc(O)ccc2c1-c1ccc(-c2nc(OC=O)cs2)cc1. The minimum atomic E-state index is -0.377. The molecule has 35 heavy (non-hydrogen) atoms. The van der Waals surface area contributed by atoms with Gasteiger partial charge in [0.05, 0.1) is 10.3 Å². The van der Waals surface area contributed by atoms with Gasteiger partial charge in [-0.2, -0.15) is 0 Å². The Kier molecular flexibility index (Phi) is 5.92. The summed E-state index contributed by atoms with van der Waals surface area (Å²) in [7, 11) is 0. The molecule has 0 amide bonds. The van der Waals surface area contributed by atoms with Gasteiger partial charge in [-0.1, -0.05) is 24.3 Å². The maximum atomic E-state index is 13.9. The van der Waals surface area contributed by atoms with Crippen LogP contribution >= 0.6 is 22.7 Å². The average Bonchev–Trinajstić information content (AvgIpc) is 3.43. The third-order valence-corrected chi connectivity index (χ3v) is 7.70. The molecule has 0 fully saturated rings. The lowest BCUT2D eigenvalue weighted by Crippen LogP contribution is -2.06. The molecule has 0 saturated carbocycles. The number of thiazole rings is 1.